The van der Waals surface area contributed by atoms with Gasteiger partial charge < -0.3 is 5.11 Å². The van der Waals surface area contributed by atoms with Crippen LogP contribution in [0.2, 0.25) is 0 Å². The molecule has 0 saturated heterocycles. The number of aliphatic hydroxyl groups excluding tert-OH is 1. The first kappa shape index (κ1) is 47.6. The van der Waals surface area contributed by atoms with Gasteiger partial charge in [0.1, 0.15) is 5.76 Å². The Kier molecular flexibility index (Phi) is 13.6. The normalized spacial score (nSPS) is 13.2. The SMILES string of the molecule is CC1(C)CCCC(C(=O)CCCc2ccccc2-c2cc(-c3ccccc3-c3cnc(-c4ccccc4)cc3-c3ccccc3)cc(-c3ccccc3-c3cnc(-c4ccccc4)cc3-c3ccccc3)c2)=C1O. The van der Waals surface area contributed by atoms with Crippen LogP contribution in [0.3, 0.4) is 0 Å². The van der Waals surface area contributed by atoms with E-state index >= 15 is 0 Å². The Hall–Kier alpha value is -8.73. The minimum atomic E-state index is -0.369. The fourth-order valence-electron chi connectivity index (χ4n) is 10.9. The molecule has 0 aliphatic heterocycles. The van der Waals surface area contributed by atoms with E-state index in [0.29, 0.717) is 31.3 Å². The van der Waals surface area contributed by atoms with Gasteiger partial charge in [0.05, 0.1) is 11.4 Å². The number of rotatable bonds is 14. The summed E-state index contributed by atoms with van der Waals surface area (Å²) in [5.74, 6) is 0.337. The minimum absolute atomic E-state index is 0.0626. The standard InChI is InChI=1S/C70H58N2O2/c1-70(2)40-22-38-61(69(70)74)68(73)39-21-32-48-27-15-16-33-56(48)53-41-54(57-34-17-19-36-59(57)64-46-71-66(51-28-11-5-12-29-51)44-62(64)49-23-7-3-8-24-49)43-55(42-53)58-35-18-20-37-60(58)65-47-72-67(52-30-13-6-14-31-52)45-63(65)50-25-9-4-10-26-50/h3-20,23-31,33-37,41-47,74H,21-22,32,38-40H2,1-2H3. The average molecular weight is 959 g/mol. The molecule has 74 heavy (non-hydrogen) atoms. The molecule has 8 aromatic carbocycles. The molecule has 0 bridgehead atoms. The Morgan fingerprint density at radius 3 is 1.30 bits per heavy atom. The largest absolute Gasteiger partial charge is 0.511 e. The third-order valence-electron chi connectivity index (χ3n) is 14.8. The molecule has 2 aromatic heterocycles. The molecule has 0 fully saturated rings. The van der Waals surface area contributed by atoms with Gasteiger partial charge in [-0.15, -0.1) is 0 Å². The number of aromatic nitrogens is 2. The van der Waals surface area contributed by atoms with Gasteiger partial charge in [0.2, 0.25) is 0 Å². The van der Waals surface area contributed by atoms with Gasteiger partial charge in [0.15, 0.2) is 5.78 Å². The molecule has 0 saturated carbocycles. The third-order valence-corrected chi connectivity index (χ3v) is 14.8. The number of hydrogen-bond donors (Lipinski definition) is 1. The maximum absolute atomic E-state index is 13.7. The summed E-state index contributed by atoms with van der Waals surface area (Å²) in [5.41, 5.74) is 20.6. The maximum Gasteiger partial charge on any atom is 0.162 e. The van der Waals surface area contributed by atoms with E-state index in [0.717, 1.165) is 113 Å². The number of pyridine rings is 2. The van der Waals surface area contributed by atoms with E-state index < -0.39 is 0 Å². The van der Waals surface area contributed by atoms with Crippen molar-refractivity contribution < 1.29 is 9.90 Å². The van der Waals surface area contributed by atoms with Crippen molar-refractivity contribution in [1.82, 2.24) is 9.97 Å². The topological polar surface area (TPSA) is 63.1 Å². The second-order valence-corrected chi connectivity index (χ2v) is 20.1. The van der Waals surface area contributed by atoms with Crippen LogP contribution >= 0.6 is 0 Å². The lowest BCUT2D eigenvalue weighted by Gasteiger charge is -2.30. The van der Waals surface area contributed by atoms with Gasteiger partial charge in [-0.2, -0.15) is 0 Å². The van der Waals surface area contributed by atoms with Gasteiger partial charge >= 0.3 is 0 Å². The van der Waals surface area contributed by atoms with E-state index in [4.69, 9.17) is 9.97 Å². The van der Waals surface area contributed by atoms with Crippen LogP contribution < -0.4 is 0 Å². The summed E-state index contributed by atoms with van der Waals surface area (Å²) in [6.07, 6.45) is 8.30. The van der Waals surface area contributed by atoms with Crippen molar-refractivity contribution in [3.05, 3.63) is 254 Å². The molecule has 2 heterocycles. The van der Waals surface area contributed by atoms with Crippen LogP contribution in [0.4, 0.5) is 0 Å². The zero-order chi connectivity index (χ0) is 50.4. The molecular weight excluding hydrogens is 901 g/mol. The Morgan fingerprint density at radius 1 is 0.432 bits per heavy atom. The third kappa shape index (κ3) is 9.92. The van der Waals surface area contributed by atoms with E-state index in [1.165, 1.54) is 5.56 Å². The molecule has 360 valence electrons. The monoisotopic (exact) mass is 958 g/mol. The van der Waals surface area contributed by atoms with Gasteiger partial charge in [-0.3, -0.25) is 14.8 Å². The Balaban J connectivity index is 1.07. The van der Waals surface area contributed by atoms with Crippen molar-refractivity contribution in [2.24, 2.45) is 5.41 Å². The molecule has 0 radical (unpaired) electrons. The summed E-state index contributed by atoms with van der Waals surface area (Å²) in [5, 5.41) is 11.1. The van der Waals surface area contributed by atoms with Crippen LogP contribution in [0.5, 0.6) is 0 Å². The minimum Gasteiger partial charge on any atom is -0.511 e. The second kappa shape index (κ2) is 21.2. The van der Waals surface area contributed by atoms with Gasteiger partial charge in [0, 0.05) is 52.1 Å². The molecule has 0 amide bonds. The molecule has 4 heteroatoms. The van der Waals surface area contributed by atoms with Crippen LogP contribution in [0.25, 0.3) is 100 Å². The van der Waals surface area contributed by atoms with Crippen LogP contribution in [0.1, 0.15) is 51.5 Å². The number of carbonyl (C=O) groups excluding carboxylic acids is 1. The zero-order valence-electron chi connectivity index (χ0n) is 42.0. The first-order chi connectivity index (χ1) is 36.3. The molecule has 11 rings (SSSR count). The zero-order valence-corrected chi connectivity index (χ0v) is 42.0. The van der Waals surface area contributed by atoms with Crippen LogP contribution in [-0.4, -0.2) is 20.9 Å². The average Bonchev–Trinajstić information content (AvgIpc) is 3.46. The molecule has 1 N–H and O–H groups in total. The highest BCUT2D eigenvalue weighted by atomic mass is 16.3. The molecule has 1 aliphatic carbocycles. The van der Waals surface area contributed by atoms with Crippen LogP contribution in [0, 0.1) is 5.41 Å². The van der Waals surface area contributed by atoms with E-state index in [2.05, 4.69) is 212 Å². The van der Waals surface area contributed by atoms with E-state index in [9.17, 15) is 9.90 Å². The van der Waals surface area contributed by atoms with Crippen molar-refractivity contribution >= 4 is 5.78 Å². The van der Waals surface area contributed by atoms with Crippen molar-refractivity contribution in [1.29, 1.82) is 0 Å². The summed E-state index contributed by atoms with van der Waals surface area (Å²) >= 11 is 0. The van der Waals surface area contributed by atoms with Crippen molar-refractivity contribution in [2.75, 3.05) is 0 Å². The highest BCUT2D eigenvalue weighted by Gasteiger charge is 2.32. The second-order valence-electron chi connectivity index (χ2n) is 20.1. The molecule has 0 atom stereocenters. The quantitative estimate of drug-likeness (QED) is 0.118. The number of aryl methyl sites for hydroxylation is 1. The van der Waals surface area contributed by atoms with Crippen LogP contribution in [-0.2, 0) is 11.2 Å². The Bertz CT molecular complexity index is 3470. The highest BCUT2D eigenvalue weighted by molar-refractivity contribution is 5.98. The predicted molar refractivity (Wildman–Crippen MR) is 306 cm³/mol. The summed E-state index contributed by atoms with van der Waals surface area (Å²) in [7, 11) is 0. The van der Waals surface area contributed by atoms with Gasteiger partial charge in [-0.25, -0.2) is 0 Å². The number of benzene rings is 8. The molecule has 10 aromatic rings. The lowest BCUT2D eigenvalue weighted by molar-refractivity contribution is -0.116. The van der Waals surface area contributed by atoms with E-state index in [1.807, 2.05) is 38.4 Å². The van der Waals surface area contributed by atoms with E-state index in [1.54, 1.807) is 0 Å². The summed E-state index contributed by atoms with van der Waals surface area (Å²) in [6.45, 7) is 4.07. The number of ketones is 1. The molecule has 0 spiro atoms. The summed E-state index contributed by atoms with van der Waals surface area (Å²) in [6, 6.07) is 79.5. The molecule has 0 unspecified atom stereocenters. The van der Waals surface area contributed by atoms with Crippen LogP contribution in [0.15, 0.2) is 248 Å². The fraction of sp³-hybridized carbons (Fsp3) is 0.129. The molecule has 1 aliphatic rings. The fourth-order valence-corrected chi connectivity index (χ4v) is 10.9. The summed E-state index contributed by atoms with van der Waals surface area (Å²) in [4.78, 5) is 24.0. The van der Waals surface area contributed by atoms with Gasteiger partial charge in [-0.1, -0.05) is 208 Å². The number of nitrogens with zero attached hydrogens (tertiary/aromatic N) is 2. The van der Waals surface area contributed by atoms with Crippen molar-refractivity contribution in [3.63, 3.8) is 0 Å². The van der Waals surface area contributed by atoms with E-state index in [-0.39, 0.29) is 17.0 Å². The summed E-state index contributed by atoms with van der Waals surface area (Å²) < 4.78 is 0. The highest BCUT2D eigenvalue weighted by Crippen LogP contribution is 2.45. The number of Topliss-reactive ketones (excluding diaryl/α,β-unsaturated/α-hetero) is 1. The molecule has 4 nitrogen and oxygen atoms in total. The van der Waals surface area contributed by atoms with Crippen molar-refractivity contribution in [3.8, 4) is 100 Å². The molecular formula is C70H58N2O2. The first-order valence-electron chi connectivity index (χ1n) is 25.9. The smallest absolute Gasteiger partial charge is 0.162 e. The number of aliphatic hydroxyl groups is 1. The lowest BCUT2D eigenvalue weighted by Crippen LogP contribution is -2.24. The van der Waals surface area contributed by atoms with Gasteiger partial charge in [0.25, 0.3) is 0 Å². The Morgan fingerprint density at radius 2 is 0.824 bits per heavy atom. The number of carbonyl (C=O) groups is 1. The number of allylic oxidation sites excluding steroid dienone is 2. The Labute approximate surface area is 435 Å². The first-order valence-corrected chi connectivity index (χ1v) is 25.9. The van der Waals surface area contributed by atoms with Gasteiger partial charge in [-0.05, 0) is 135 Å². The maximum atomic E-state index is 13.7. The predicted octanol–water partition coefficient (Wildman–Crippen LogP) is 18.4. The van der Waals surface area contributed by atoms with Crippen molar-refractivity contribution in [2.45, 2.75) is 52.4 Å². The lowest BCUT2D eigenvalue weighted by atomic mass is 9.76. The number of hydrogen-bond acceptors (Lipinski definition) is 4.